The number of nitrogens with one attached hydrogen (secondary N) is 1. The zero-order valence-electron chi connectivity index (χ0n) is 8.82. The zero-order valence-corrected chi connectivity index (χ0v) is 9.64. The third-order valence-electron chi connectivity index (χ3n) is 2.10. The van der Waals surface area contributed by atoms with Gasteiger partial charge in [-0.3, -0.25) is 0 Å². The third-order valence-corrected chi connectivity index (χ3v) is 2.65. The van der Waals surface area contributed by atoms with Gasteiger partial charge in [0.2, 0.25) is 0 Å². The van der Waals surface area contributed by atoms with Crippen molar-refractivity contribution in [1.29, 1.82) is 0 Å². The van der Waals surface area contributed by atoms with Crippen LogP contribution in [-0.2, 0) is 6.54 Å². The summed E-state index contributed by atoms with van der Waals surface area (Å²) >= 11 is 1.38. The largest absolute Gasteiger partial charge is 0.379 e. The van der Waals surface area contributed by atoms with Crippen molar-refractivity contribution in [2.45, 2.75) is 20.4 Å². The molecule has 0 saturated heterocycles. The van der Waals surface area contributed by atoms with E-state index in [0.717, 1.165) is 17.9 Å². The topological polar surface area (TPSA) is 37.8 Å². The molecule has 0 aliphatic heterocycles. The fourth-order valence-corrected chi connectivity index (χ4v) is 1.98. The van der Waals surface area contributed by atoms with Gasteiger partial charge in [0.1, 0.15) is 0 Å². The average molecular weight is 219 g/mol. The number of anilines is 1. The molecule has 1 aromatic heterocycles. The molecule has 0 saturated carbocycles. The van der Waals surface area contributed by atoms with E-state index < -0.39 is 0 Å². The van der Waals surface area contributed by atoms with Gasteiger partial charge in [-0.25, -0.2) is 0 Å². The molecule has 2 aromatic rings. The van der Waals surface area contributed by atoms with Gasteiger partial charge in [-0.2, -0.15) is 0 Å². The monoisotopic (exact) mass is 219 g/mol. The summed E-state index contributed by atoms with van der Waals surface area (Å²) in [6.45, 7) is 4.94. The molecule has 2 rings (SSSR count). The number of nitrogens with zero attached hydrogens (tertiary/aromatic N) is 2. The summed E-state index contributed by atoms with van der Waals surface area (Å²) in [6, 6.07) is 6.43. The SMILES string of the molecule is Cc1cc(C)cc(NCc2csnn2)c1. The van der Waals surface area contributed by atoms with Crippen LogP contribution in [0.1, 0.15) is 16.8 Å². The van der Waals surface area contributed by atoms with Gasteiger partial charge in [0, 0.05) is 11.1 Å². The summed E-state index contributed by atoms with van der Waals surface area (Å²) in [5.41, 5.74) is 4.67. The molecule has 0 unspecified atom stereocenters. The summed E-state index contributed by atoms with van der Waals surface area (Å²) in [6.07, 6.45) is 0. The summed E-state index contributed by atoms with van der Waals surface area (Å²) < 4.78 is 3.82. The lowest BCUT2D eigenvalue weighted by atomic mass is 10.1. The van der Waals surface area contributed by atoms with E-state index in [2.05, 4.69) is 47.0 Å². The first-order chi connectivity index (χ1) is 7.24. The van der Waals surface area contributed by atoms with Gasteiger partial charge in [0.15, 0.2) is 0 Å². The van der Waals surface area contributed by atoms with Crippen molar-refractivity contribution in [3.8, 4) is 0 Å². The van der Waals surface area contributed by atoms with Crippen molar-refractivity contribution in [3.63, 3.8) is 0 Å². The maximum atomic E-state index is 3.98. The normalized spacial score (nSPS) is 10.3. The van der Waals surface area contributed by atoms with Gasteiger partial charge in [0.25, 0.3) is 0 Å². The maximum Gasteiger partial charge on any atom is 0.0946 e. The van der Waals surface area contributed by atoms with Crippen molar-refractivity contribution in [2.24, 2.45) is 0 Å². The number of hydrogen-bond donors (Lipinski definition) is 1. The standard InChI is InChI=1S/C11H13N3S/c1-8-3-9(2)5-10(4-8)12-6-11-7-15-14-13-11/h3-5,7,12H,6H2,1-2H3. The van der Waals surface area contributed by atoms with E-state index in [1.807, 2.05) is 5.38 Å². The Balaban J connectivity index is 2.05. The minimum absolute atomic E-state index is 0.736. The molecule has 0 fully saturated rings. The molecule has 4 heteroatoms. The zero-order chi connectivity index (χ0) is 10.7. The van der Waals surface area contributed by atoms with E-state index in [-0.39, 0.29) is 0 Å². The van der Waals surface area contributed by atoms with Crippen molar-refractivity contribution >= 4 is 17.2 Å². The molecular weight excluding hydrogens is 206 g/mol. The average Bonchev–Trinajstić information content (AvgIpc) is 2.65. The Morgan fingerprint density at radius 2 is 1.93 bits per heavy atom. The molecule has 15 heavy (non-hydrogen) atoms. The van der Waals surface area contributed by atoms with Crippen LogP contribution in [-0.4, -0.2) is 9.59 Å². The first kappa shape index (κ1) is 10.1. The Bertz CT molecular complexity index is 417. The molecule has 0 atom stereocenters. The van der Waals surface area contributed by atoms with Crippen LogP contribution in [0, 0.1) is 13.8 Å². The molecule has 1 aromatic carbocycles. The van der Waals surface area contributed by atoms with Crippen molar-refractivity contribution in [2.75, 3.05) is 5.32 Å². The first-order valence-electron chi connectivity index (χ1n) is 4.82. The molecule has 0 aliphatic carbocycles. The second-order valence-corrected chi connectivity index (χ2v) is 4.24. The highest BCUT2D eigenvalue weighted by molar-refractivity contribution is 7.03. The minimum Gasteiger partial charge on any atom is -0.379 e. The summed E-state index contributed by atoms with van der Waals surface area (Å²) in [4.78, 5) is 0. The Labute approximate surface area is 93.3 Å². The Morgan fingerprint density at radius 1 is 1.20 bits per heavy atom. The third kappa shape index (κ3) is 2.76. The van der Waals surface area contributed by atoms with Gasteiger partial charge in [-0.1, -0.05) is 10.6 Å². The maximum absolute atomic E-state index is 3.98. The minimum atomic E-state index is 0.736. The van der Waals surface area contributed by atoms with Crippen LogP contribution in [0.15, 0.2) is 23.6 Å². The number of aryl methyl sites for hydroxylation is 2. The van der Waals surface area contributed by atoms with Gasteiger partial charge in [-0.15, -0.1) is 5.10 Å². The van der Waals surface area contributed by atoms with Crippen LogP contribution in [0.5, 0.6) is 0 Å². The van der Waals surface area contributed by atoms with E-state index in [9.17, 15) is 0 Å². The van der Waals surface area contributed by atoms with Crippen LogP contribution < -0.4 is 5.32 Å². The lowest BCUT2D eigenvalue weighted by Crippen LogP contribution is -2.00. The first-order valence-corrected chi connectivity index (χ1v) is 5.66. The highest BCUT2D eigenvalue weighted by atomic mass is 32.1. The second-order valence-electron chi connectivity index (χ2n) is 3.63. The Kier molecular flexibility index (Phi) is 2.97. The van der Waals surface area contributed by atoms with Gasteiger partial charge < -0.3 is 5.32 Å². The van der Waals surface area contributed by atoms with E-state index in [1.54, 1.807) is 0 Å². The van der Waals surface area contributed by atoms with Crippen molar-refractivity contribution in [3.05, 3.63) is 40.4 Å². The van der Waals surface area contributed by atoms with Crippen LogP contribution in [0.4, 0.5) is 5.69 Å². The summed E-state index contributed by atoms with van der Waals surface area (Å²) in [7, 11) is 0. The van der Waals surface area contributed by atoms with Crippen molar-refractivity contribution in [1.82, 2.24) is 9.59 Å². The molecule has 0 amide bonds. The molecule has 1 N–H and O–H groups in total. The molecular formula is C11H13N3S. The molecule has 78 valence electrons. The smallest absolute Gasteiger partial charge is 0.0946 e. The lowest BCUT2D eigenvalue weighted by molar-refractivity contribution is 0.998. The lowest BCUT2D eigenvalue weighted by Gasteiger charge is -2.06. The second kappa shape index (κ2) is 4.40. The summed E-state index contributed by atoms with van der Waals surface area (Å²) in [5.74, 6) is 0. The van der Waals surface area contributed by atoms with Crippen LogP contribution in [0.3, 0.4) is 0 Å². The fourth-order valence-electron chi connectivity index (χ4n) is 1.53. The van der Waals surface area contributed by atoms with Crippen LogP contribution in [0.2, 0.25) is 0 Å². The Morgan fingerprint density at radius 3 is 2.53 bits per heavy atom. The highest BCUT2D eigenvalue weighted by Crippen LogP contribution is 2.14. The number of rotatable bonds is 3. The Hall–Kier alpha value is -1.42. The molecule has 3 nitrogen and oxygen atoms in total. The van der Waals surface area contributed by atoms with Crippen LogP contribution >= 0.6 is 11.5 Å². The van der Waals surface area contributed by atoms with Crippen molar-refractivity contribution < 1.29 is 0 Å². The van der Waals surface area contributed by atoms with Gasteiger partial charge in [0.05, 0.1) is 12.2 Å². The molecule has 0 bridgehead atoms. The predicted octanol–water partition coefficient (Wildman–Crippen LogP) is 2.77. The molecule has 0 radical (unpaired) electrons. The van der Waals surface area contributed by atoms with Crippen LogP contribution in [0.25, 0.3) is 0 Å². The molecule has 0 spiro atoms. The van der Waals surface area contributed by atoms with E-state index in [1.165, 1.54) is 22.7 Å². The molecule has 0 aliphatic rings. The highest BCUT2D eigenvalue weighted by Gasteiger charge is 1.98. The van der Waals surface area contributed by atoms with Gasteiger partial charge >= 0.3 is 0 Å². The van der Waals surface area contributed by atoms with E-state index in [0.29, 0.717) is 0 Å². The predicted molar refractivity (Wildman–Crippen MR) is 63.2 cm³/mol. The number of benzene rings is 1. The number of aromatic nitrogens is 2. The van der Waals surface area contributed by atoms with Gasteiger partial charge in [-0.05, 0) is 48.6 Å². The fraction of sp³-hybridized carbons (Fsp3) is 0.273. The van der Waals surface area contributed by atoms with E-state index >= 15 is 0 Å². The van der Waals surface area contributed by atoms with E-state index in [4.69, 9.17) is 0 Å². The number of hydrogen-bond acceptors (Lipinski definition) is 4. The molecule has 1 heterocycles. The summed E-state index contributed by atoms with van der Waals surface area (Å²) in [5, 5.41) is 9.27. The quantitative estimate of drug-likeness (QED) is 0.862.